The zero-order valence-electron chi connectivity index (χ0n) is 27.8. The van der Waals surface area contributed by atoms with Crippen molar-refractivity contribution < 1.29 is 80.5 Å². The highest BCUT2D eigenvalue weighted by Gasteiger charge is 2.50. The maximum absolute atomic E-state index is 12.6. The van der Waals surface area contributed by atoms with Gasteiger partial charge in [-0.25, -0.2) is 28.6 Å². The minimum absolute atomic E-state index is 0.0221. The molecule has 1 saturated heterocycles. The summed E-state index contributed by atoms with van der Waals surface area (Å²) in [6.45, 7) is 2.24. The number of amides is 2. The van der Waals surface area contributed by atoms with Gasteiger partial charge in [0.1, 0.15) is 36.3 Å². The SMILES string of the molecule is CCC(=O)SCCNC(=O)CCNC(=O)[C@H](O)C(C)(C)COP(=O)(O)OP(=O)(O)OC[C@H]1O[C@@H](n2cnc3c(N)ncnc32)[C@H](O)[C@@H]1OP(=O)(O)O. The number of fused-ring (bicyclic) bond motifs is 1. The lowest BCUT2D eigenvalue weighted by Crippen LogP contribution is -2.46. The fourth-order valence-electron chi connectivity index (χ4n) is 4.40. The van der Waals surface area contributed by atoms with Gasteiger partial charge in [-0.3, -0.25) is 32.5 Å². The average molecular weight is 824 g/mol. The van der Waals surface area contributed by atoms with Crippen LogP contribution < -0.4 is 16.4 Å². The number of phosphoric acid groups is 3. The largest absolute Gasteiger partial charge is 0.481 e. The first-order chi connectivity index (χ1) is 24.1. The molecule has 1 fully saturated rings. The first-order valence-electron chi connectivity index (χ1n) is 15.1. The summed E-state index contributed by atoms with van der Waals surface area (Å²) in [5.41, 5.74) is 4.26. The van der Waals surface area contributed by atoms with Crippen molar-refractivity contribution in [3.05, 3.63) is 12.7 Å². The average Bonchev–Trinajstić information content (AvgIpc) is 3.60. The molecule has 0 spiro atoms. The van der Waals surface area contributed by atoms with E-state index in [1.807, 2.05) is 0 Å². The fourth-order valence-corrected chi connectivity index (χ4v) is 7.86. The van der Waals surface area contributed by atoms with E-state index in [2.05, 4.69) is 34.4 Å². The van der Waals surface area contributed by atoms with E-state index in [4.69, 9.17) is 19.5 Å². The number of nitrogens with two attached hydrogens (primary N) is 1. The molecular weight excluding hydrogens is 783 g/mol. The highest BCUT2D eigenvalue weighted by molar-refractivity contribution is 8.13. The van der Waals surface area contributed by atoms with Crippen LogP contribution in [0, 0.1) is 5.41 Å². The van der Waals surface area contributed by atoms with Crippen molar-refractivity contribution >= 4 is 69.1 Å². The smallest absolute Gasteiger partial charge is 0.386 e. The Hall–Kier alpha value is -2.44. The monoisotopic (exact) mass is 823 g/mol. The number of nitrogen functional groups attached to an aromatic ring is 1. The summed E-state index contributed by atoms with van der Waals surface area (Å²) in [6.07, 6.45) is -6.52. The number of aromatic nitrogens is 4. The number of carbonyl (C=O) groups is 3. The molecule has 52 heavy (non-hydrogen) atoms. The lowest BCUT2D eigenvalue weighted by atomic mass is 9.87. The van der Waals surface area contributed by atoms with Crippen molar-refractivity contribution in [3.63, 3.8) is 0 Å². The van der Waals surface area contributed by atoms with E-state index in [9.17, 15) is 57.9 Å². The topological polar surface area (TPSA) is 364 Å². The number of carbonyl (C=O) groups excluding carboxylic acids is 3. The van der Waals surface area contributed by atoms with E-state index in [1.54, 1.807) is 6.92 Å². The zero-order chi connectivity index (χ0) is 39.1. The quantitative estimate of drug-likeness (QED) is 0.0575. The molecule has 1 aliphatic rings. The fraction of sp³-hybridized carbons (Fsp3) is 0.667. The third kappa shape index (κ3) is 12.9. The second-order valence-electron chi connectivity index (χ2n) is 11.6. The van der Waals surface area contributed by atoms with E-state index in [0.717, 1.165) is 29.0 Å². The van der Waals surface area contributed by atoms with Crippen LogP contribution >= 0.6 is 35.2 Å². The molecule has 294 valence electrons. The summed E-state index contributed by atoms with van der Waals surface area (Å²) in [6, 6.07) is 0. The van der Waals surface area contributed by atoms with Gasteiger partial charge in [0.25, 0.3) is 0 Å². The van der Waals surface area contributed by atoms with Gasteiger partial charge in [0.15, 0.2) is 22.8 Å². The highest BCUT2D eigenvalue weighted by Crippen LogP contribution is 2.61. The first kappa shape index (κ1) is 44.0. The van der Waals surface area contributed by atoms with Gasteiger partial charge >= 0.3 is 23.5 Å². The lowest BCUT2D eigenvalue weighted by molar-refractivity contribution is -0.137. The van der Waals surface area contributed by atoms with Crippen LogP contribution in [0.4, 0.5) is 5.82 Å². The van der Waals surface area contributed by atoms with Crippen LogP contribution in [0.2, 0.25) is 0 Å². The molecule has 10 N–H and O–H groups in total. The maximum atomic E-state index is 12.6. The van der Waals surface area contributed by atoms with E-state index in [1.165, 1.54) is 13.8 Å². The van der Waals surface area contributed by atoms with E-state index >= 15 is 0 Å². The van der Waals surface area contributed by atoms with Gasteiger partial charge in [-0.2, -0.15) is 4.31 Å². The first-order valence-corrected chi connectivity index (χ1v) is 20.6. The van der Waals surface area contributed by atoms with E-state index in [0.29, 0.717) is 12.2 Å². The van der Waals surface area contributed by atoms with Gasteiger partial charge < -0.3 is 50.9 Å². The number of aliphatic hydroxyl groups excluding tert-OH is 2. The van der Waals surface area contributed by atoms with Crippen LogP contribution in [0.1, 0.15) is 39.8 Å². The number of hydrogen-bond acceptors (Lipinski definition) is 18. The number of nitrogens with zero attached hydrogens (tertiary/aromatic N) is 4. The molecule has 3 heterocycles. The van der Waals surface area contributed by atoms with Crippen LogP contribution in [0.25, 0.3) is 11.2 Å². The molecule has 2 aromatic heterocycles. The molecule has 7 atom stereocenters. The molecule has 2 aromatic rings. The molecule has 0 bridgehead atoms. The minimum atomic E-state index is -5.56. The van der Waals surface area contributed by atoms with Gasteiger partial charge in [-0.15, -0.1) is 0 Å². The number of anilines is 1. The summed E-state index contributed by atoms with van der Waals surface area (Å²) in [5, 5.41) is 26.2. The van der Waals surface area contributed by atoms with Gasteiger partial charge in [-0.1, -0.05) is 32.5 Å². The number of ether oxygens (including phenoxy) is 1. The molecule has 24 nitrogen and oxygen atoms in total. The standard InChI is InChI=1S/C24H40N7O17P3S/c1-4-15(33)52-8-7-26-14(32)5-6-27-22(36)19(35)24(2,3)10-45-51(42,43)48-50(40,41)44-9-13-18(47-49(37,38)39)17(34)23(46-13)31-12-30-16-20(25)28-11-29-21(16)31/h11-13,17-19,23,34-35H,4-10H2,1-3H3,(H,26,32)(H,27,36)(H,40,41)(H,42,43)(H2,25,28,29)(H2,37,38,39)/t13-,17-,18-,19+,23-/m1/s1. The normalized spacial score (nSPS) is 22.4. The molecule has 0 aromatic carbocycles. The van der Waals surface area contributed by atoms with Crippen molar-refractivity contribution in [1.82, 2.24) is 30.2 Å². The van der Waals surface area contributed by atoms with Crippen LogP contribution in [-0.2, 0) is 50.7 Å². The van der Waals surface area contributed by atoms with Crippen molar-refractivity contribution in [2.45, 2.75) is 64.3 Å². The summed E-state index contributed by atoms with van der Waals surface area (Å²) < 4.78 is 61.9. The Morgan fingerprint density at radius 2 is 1.75 bits per heavy atom. The van der Waals surface area contributed by atoms with Crippen molar-refractivity contribution in [3.8, 4) is 0 Å². The molecule has 3 rings (SSSR count). The van der Waals surface area contributed by atoms with Crippen LogP contribution in [0.15, 0.2) is 12.7 Å². The highest BCUT2D eigenvalue weighted by atomic mass is 32.2. The number of aliphatic hydroxyl groups is 2. The molecule has 2 unspecified atom stereocenters. The van der Waals surface area contributed by atoms with Crippen LogP contribution in [0.5, 0.6) is 0 Å². The van der Waals surface area contributed by atoms with Gasteiger partial charge in [0.2, 0.25) is 11.8 Å². The molecule has 0 radical (unpaired) electrons. The Kier molecular flexibility index (Phi) is 15.4. The Labute approximate surface area is 299 Å². The minimum Gasteiger partial charge on any atom is -0.386 e. The second kappa shape index (κ2) is 18.3. The second-order valence-corrected chi connectivity index (χ2v) is 17.0. The Balaban J connectivity index is 1.54. The number of hydrogen-bond donors (Lipinski definition) is 9. The predicted octanol–water partition coefficient (Wildman–Crippen LogP) is -0.925. The number of rotatable bonds is 20. The Morgan fingerprint density at radius 3 is 2.40 bits per heavy atom. The molecule has 28 heteroatoms. The summed E-state index contributed by atoms with van der Waals surface area (Å²) in [5.74, 6) is -1.07. The third-order valence-electron chi connectivity index (χ3n) is 7.05. The van der Waals surface area contributed by atoms with Crippen molar-refractivity contribution in [2.24, 2.45) is 5.41 Å². The summed E-state index contributed by atoms with van der Waals surface area (Å²) in [4.78, 5) is 86.4. The number of nitrogens with one attached hydrogen (secondary N) is 2. The summed E-state index contributed by atoms with van der Waals surface area (Å²) >= 11 is 1.07. The van der Waals surface area contributed by atoms with E-state index in [-0.39, 0.29) is 41.6 Å². The predicted molar refractivity (Wildman–Crippen MR) is 177 cm³/mol. The van der Waals surface area contributed by atoms with Crippen molar-refractivity contribution in [1.29, 1.82) is 0 Å². The third-order valence-corrected chi connectivity index (χ3v) is 11.2. The van der Waals surface area contributed by atoms with Crippen LogP contribution in [-0.4, -0.2) is 123 Å². The van der Waals surface area contributed by atoms with Gasteiger partial charge in [0.05, 0.1) is 19.5 Å². The van der Waals surface area contributed by atoms with Crippen molar-refractivity contribution in [2.75, 3.05) is 37.8 Å². The van der Waals surface area contributed by atoms with Gasteiger partial charge in [0, 0.05) is 37.1 Å². The molecule has 0 saturated carbocycles. The molecule has 2 amide bonds. The zero-order valence-corrected chi connectivity index (χ0v) is 31.3. The number of imidazole rings is 1. The lowest BCUT2D eigenvalue weighted by Gasteiger charge is -2.30. The van der Waals surface area contributed by atoms with E-state index < -0.39 is 84.6 Å². The Morgan fingerprint density at radius 1 is 1.08 bits per heavy atom. The van der Waals surface area contributed by atoms with Gasteiger partial charge in [-0.05, 0) is 0 Å². The number of thioether (sulfide) groups is 1. The van der Waals surface area contributed by atoms with Crippen LogP contribution in [0.3, 0.4) is 0 Å². The molecule has 0 aliphatic carbocycles. The Bertz CT molecular complexity index is 1730. The molecular formula is C24H40N7O17P3S. The summed E-state index contributed by atoms with van der Waals surface area (Å²) in [7, 11) is -16.4. The number of phosphoric ester groups is 3. The molecule has 1 aliphatic heterocycles. The maximum Gasteiger partial charge on any atom is 0.481 e.